The average Bonchev–Trinajstić information content (AvgIpc) is 4.03. The molecule has 3 heteroatoms. The summed E-state index contributed by atoms with van der Waals surface area (Å²) in [6.45, 7) is 4.03. The van der Waals surface area contributed by atoms with Gasteiger partial charge in [0, 0.05) is 25.7 Å². The zero-order chi connectivity index (χ0) is 45.0. The maximum atomic E-state index is 5.33. The Kier molecular flexibility index (Phi) is 8.53. The van der Waals surface area contributed by atoms with E-state index in [1.165, 1.54) is 92.5 Å². The minimum absolute atomic E-state index is 0.502. The van der Waals surface area contributed by atoms with Crippen molar-refractivity contribution >= 4 is 60.5 Å². The van der Waals surface area contributed by atoms with Gasteiger partial charge < -0.3 is 0 Å². The number of hydrogen-bond donors (Lipinski definition) is 0. The van der Waals surface area contributed by atoms with Gasteiger partial charge >= 0.3 is 0 Å². The number of fused-ring (bicyclic) bond motifs is 21. The van der Waals surface area contributed by atoms with Gasteiger partial charge in [0.1, 0.15) is 0 Å². The maximum Gasteiger partial charge on any atom is 0.159 e. The second-order valence-electron chi connectivity index (χ2n) is 18.3. The molecule has 10 aromatic carbocycles. The highest BCUT2D eigenvalue weighted by Crippen LogP contribution is 2.68. The molecular formula is C65H42N2S. The summed E-state index contributed by atoms with van der Waals surface area (Å²) in [5.74, 6) is 0.603. The van der Waals surface area contributed by atoms with Crippen molar-refractivity contribution in [1.29, 1.82) is 0 Å². The van der Waals surface area contributed by atoms with E-state index in [0.29, 0.717) is 12.3 Å². The molecule has 11 aromatic rings. The van der Waals surface area contributed by atoms with Gasteiger partial charge in [-0.15, -0.1) is 11.3 Å². The molecule has 68 heavy (non-hydrogen) atoms. The van der Waals surface area contributed by atoms with Gasteiger partial charge in [0.2, 0.25) is 0 Å². The Morgan fingerprint density at radius 2 is 1.03 bits per heavy atom. The molecule has 0 bridgehead atoms. The van der Waals surface area contributed by atoms with Gasteiger partial charge in [-0.1, -0.05) is 218 Å². The van der Waals surface area contributed by atoms with Crippen molar-refractivity contribution in [2.45, 2.75) is 17.3 Å². The van der Waals surface area contributed by atoms with Gasteiger partial charge in [-0.25, -0.2) is 9.98 Å². The fraction of sp³-hybridized carbons (Fsp3) is 0.0462. The molecule has 0 saturated heterocycles. The topological polar surface area (TPSA) is 24.7 Å². The number of rotatable bonds is 5. The lowest BCUT2D eigenvalue weighted by Gasteiger charge is -2.48. The lowest BCUT2D eigenvalue weighted by atomic mass is 9.52. The van der Waals surface area contributed by atoms with Gasteiger partial charge in [-0.05, 0) is 114 Å². The fourth-order valence-corrected chi connectivity index (χ4v) is 13.6. The van der Waals surface area contributed by atoms with Gasteiger partial charge in [-0.2, -0.15) is 0 Å². The van der Waals surface area contributed by atoms with Gasteiger partial charge in [0.25, 0.3) is 0 Å². The third-order valence-corrected chi connectivity index (χ3v) is 16.3. The minimum Gasteiger partial charge on any atom is -0.245 e. The molecule has 0 radical (unpaired) electrons. The van der Waals surface area contributed by atoms with E-state index in [-0.39, 0.29) is 0 Å². The minimum atomic E-state index is -0.610. The number of hydrogen-bond acceptors (Lipinski definition) is 2. The quantitative estimate of drug-likeness (QED) is 0.122. The first-order chi connectivity index (χ1) is 33.7. The largest absolute Gasteiger partial charge is 0.245 e. The van der Waals surface area contributed by atoms with Crippen molar-refractivity contribution < 1.29 is 0 Å². The fourth-order valence-electron chi connectivity index (χ4n) is 12.5. The van der Waals surface area contributed by atoms with Crippen LogP contribution in [-0.4, -0.2) is 12.6 Å². The normalized spacial score (nSPS) is 14.7. The number of thiophene rings is 1. The van der Waals surface area contributed by atoms with Crippen LogP contribution in [0.2, 0.25) is 0 Å². The van der Waals surface area contributed by atoms with Crippen LogP contribution in [0, 0.1) is 0 Å². The van der Waals surface area contributed by atoms with Gasteiger partial charge in [-0.3, -0.25) is 0 Å². The maximum absolute atomic E-state index is 5.33. The molecule has 2 nitrogen and oxygen atoms in total. The van der Waals surface area contributed by atoms with Crippen molar-refractivity contribution in [2.75, 3.05) is 0 Å². The summed E-state index contributed by atoms with van der Waals surface area (Å²) < 4.78 is 2.63. The first kappa shape index (κ1) is 39.0. The summed E-state index contributed by atoms with van der Waals surface area (Å²) in [5, 5.41) is 4.91. The van der Waals surface area contributed by atoms with E-state index in [2.05, 4.69) is 242 Å². The van der Waals surface area contributed by atoms with E-state index >= 15 is 0 Å². The van der Waals surface area contributed by atoms with Crippen LogP contribution in [0.1, 0.15) is 61.2 Å². The number of aliphatic imine (C=N–C) groups is 2. The molecule has 14 rings (SSSR count). The molecule has 0 aliphatic heterocycles. The summed E-state index contributed by atoms with van der Waals surface area (Å²) in [6.07, 6.45) is 2.94. The summed E-state index contributed by atoms with van der Waals surface area (Å²) in [4.78, 5) is 9.89. The van der Waals surface area contributed by atoms with Crippen LogP contribution >= 0.6 is 11.3 Å². The SMILES string of the molecule is C=NC(=N/C(=C\Cc1ccc2c(c1)C1(c3ccccc3C3(c4ccccc4-c4ccccc43)c3ccccc31)c1ccc3sc4ccccc4c3c1-2)c1ccccc1)c1cccc2ccccc12. The molecule has 0 saturated carbocycles. The molecule has 2 spiro atoms. The third-order valence-electron chi connectivity index (χ3n) is 15.1. The molecule has 0 fully saturated rings. The van der Waals surface area contributed by atoms with E-state index in [1.54, 1.807) is 0 Å². The highest BCUT2D eigenvalue weighted by molar-refractivity contribution is 7.26. The van der Waals surface area contributed by atoms with E-state index in [0.717, 1.165) is 27.6 Å². The molecule has 1 aromatic heterocycles. The second-order valence-corrected chi connectivity index (χ2v) is 19.4. The Morgan fingerprint density at radius 3 is 1.72 bits per heavy atom. The Balaban J connectivity index is 1.03. The third kappa shape index (κ3) is 5.22. The van der Waals surface area contributed by atoms with Crippen LogP contribution < -0.4 is 0 Å². The first-order valence-corrected chi connectivity index (χ1v) is 24.3. The number of allylic oxidation sites excluding steroid dienone is 1. The number of benzene rings is 10. The van der Waals surface area contributed by atoms with Crippen molar-refractivity contribution in [2.24, 2.45) is 9.98 Å². The van der Waals surface area contributed by atoms with Crippen LogP contribution in [0.5, 0.6) is 0 Å². The molecule has 0 unspecified atom stereocenters. The van der Waals surface area contributed by atoms with E-state index in [9.17, 15) is 0 Å². The molecule has 3 aliphatic rings. The summed E-state index contributed by atoms with van der Waals surface area (Å²) in [5.41, 5.74) is 18.9. The van der Waals surface area contributed by atoms with Crippen molar-refractivity contribution in [3.8, 4) is 22.3 Å². The highest BCUT2D eigenvalue weighted by atomic mass is 32.1. The van der Waals surface area contributed by atoms with Crippen LogP contribution in [0.4, 0.5) is 0 Å². The van der Waals surface area contributed by atoms with E-state index < -0.39 is 10.8 Å². The molecular weight excluding hydrogens is 841 g/mol. The van der Waals surface area contributed by atoms with Crippen LogP contribution in [0.25, 0.3) is 58.9 Å². The first-order valence-electron chi connectivity index (χ1n) is 23.5. The monoisotopic (exact) mass is 882 g/mol. The molecule has 1 heterocycles. The van der Waals surface area contributed by atoms with E-state index in [4.69, 9.17) is 4.99 Å². The van der Waals surface area contributed by atoms with Crippen LogP contribution in [0.3, 0.4) is 0 Å². The zero-order valence-corrected chi connectivity index (χ0v) is 38.0. The Hall–Kier alpha value is -8.24. The summed E-state index contributed by atoms with van der Waals surface area (Å²) >= 11 is 1.89. The van der Waals surface area contributed by atoms with Crippen LogP contribution in [0.15, 0.2) is 241 Å². The Morgan fingerprint density at radius 1 is 0.456 bits per heavy atom. The Labute approximate surface area is 399 Å². The smallest absolute Gasteiger partial charge is 0.159 e. The molecule has 0 atom stereocenters. The molecule has 318 valence electrons. The van der Waals surface area contributed by atoms with Gasteiger partial charge in [0.05, 0.1) is 16.5 Å². The van der Waals surface area contributed by atoms with Gasteiger partial charge in [0.15, 0.2) is 5.84 Å². The standard InChI is InChI=1S/C65H42N2S/c1-66-63(47-26-17-21-42-18-5-6-22-44(42)47)67-58(43-19-3-2-4-20-43)38-35-41-34-36-48-57(40-41)65(56-37-39-60-62(61(48)56)49-25-9-16-33-59(49)68-60)54-31-14-12-29-52(54)64(53-30-13-15-32-55(53)65)50-27-10-7-23-45(50)46-24-8-11-28-51(46)64/h2-34,36-40H,1,35H2/b58-38-,67-63?. The zero-order valence-electron chi connectivity index (χ0n) is 37.2. The van der Waals surface area contributed by atoms with Crippen LogP contribution in [-0.2, 0) is 17.3 Å². The predicted octanol–water partition coefficient (Wildman–Crippen LogP) is 16.0. The van der Waals surface area contributed by atoms with Crippen molar-refractivity contribution in [3.63, 3.8) is 0 Å². The number of nitrogens with zero attached hydrogens (tertiary/aromatic N) is 2. The van der Waals surface area contributed by atoms with Crippen molar-refractivity contribution in [1.82, 2.24) is 0 Å². The summed E-state index contributed by atoms with van der Waals surface area (Å²) in [7, 11) is 0. The molecule has 3 aliphatic carbocycles. The second kappa shape index (κ2) is 14.9. The lowest BCUT2D eigenvalue weighted by Crippen LogP contribution is -2.43. The highest BCUT2D eigenvalue weighted by Gasteiger charge is 2.59. The van der Waals surface area contributed by atoms with Crippen molar-refractivity contribution in [3.05, 3.63) is 292 Å². The Bertz CT molecular complexity index is 3880. The summed E-state index contributed by atoms with van der Waals surface area (Å²) in [6, 6.07) is 83.3. The average molecular weight is 883 g/mol. The molecule has 0 amide bonds. The number of amidine groups is 1. The van der Waals surface area contributed by atoms with E-state index in [1.807, 2.05) is 11.3 Å². The lowest BCUT2D eigenvalue weighted by molar-refractivity contribution is 0.632. The predicted molar refractivity (Wildman–Crippen MR) is 286 cm³/mol. The molecule has 0 N–H and O–H groups in total.